The molecule has 27 heavy (non-hydrogen) atoms. The van der Waals surface area contributed by atoms with Gasteiger partial charge in [-0.25, -0.2) is 4.98 Å². The van der Waals surface area contributed by atoms with Crippen molar-refractivity contribution in [3.05, 3.63) is 102 Å². The fourth-order valence-corrected chi connectivity index (χ4v) is 2.65. The zero-order valence-corrected chi connectivity index (χ0v) is 15.3. The van der Waals surface area contributed by atoms with Gasteiger partial charge in [0.2, 0.25) is 0 Å². The van der Waals surface area contributed by atoms with Gasteiger partial charge in [-0.1, -0.05) is 48.6 Å². The van der Waals surface area contributed by atoms with Crippen LogP contribution in [0, 0.1) is 6.92 Å². The minimum atomic E-state index is -0.107. The van der Waals surface area contributed by atoms with Crippen LogP contribution in [-0.4, -0.2) is 17.5 Å². The molecule has 136 valence electrons. The third kappa shape index (κ3) is 4.82. The van der Waals surface area contributed by atoms with E-state index >= 15 is 0 Å². The first-order valence-corrected chi connectivity index (χ1v) is 8.79. The van der Waals surface area contributed by atoms with Crippen LogP contribution < -0.4 is 9.64 Å². The van der Waals surface area contributed by atoms with Crippen molar-refractivity contribution >= 4 is 11.7 Å². The lowest BCUT2D eigenvalue weighted by atomic mass is 10.1. The van der Waals surface area contributed by atoms with Crippen LogP contribution in [0.15, 0.2) is 85.6 Å². The van der Waals surface area contributed by atoms with Gasteiger partial charge in [-0.05, 0) is 48.9 Å². The molecule has 0 unspecified atom stereocenters. The number of carbonyl (C=O) groups excluding carboxylic acids is 1. The third-order valence-corrected chi connectivity index (χ3v) is 4.10. The van der Waals surface area contributed by atoms with Gasteiger partial charge in [0.05, 0.1) is 6.54 Å². The molecule has 3 rings (SSSR count). The summed E-state index contributed by atoms with van der Waals surface area (Å²) < 4.78 is 5.49. The summed E-state index contributed by atoms with van der Waals surface area (Å²) in [4.78, 5) is 19.2. The average Bonchev–Trinajstić information content (AvgIpc) is 2.72. The Bertz CT molecular complexity index is 888. The fourth-order valence-electron chi connectivity index (χ4n) is 2.65. The maximum atomic E-state index is 13.2. The predicted molar refractivity (Wildman–Crippen MR) is 108 cm³/mol. The second kappa shape index (κ2) is 8.81. The van der Waals surface area contributed by atoms with E-state index < -0.39 is 0 Å². The molecule has 0 spiro atoms. The third-order valence-electron chi connectivity index (χ3n) is 4.10. The van der Waals surface area contributed by atoms with Crippen molar-refractivity contribution in [1.29, 1.82) is 0 Å². The standard InChI is InChI=1S/C23H22N2O2/c1-3-16-27-21-13-11-20(12-14-21)23(26)25(22-6-4-5-15-24-22)17-19-9-7-18(2)8-10-19/h3-15H,1,16-17H2,2H3. The van der Waals surface area contributed by atoms with E-state index in [1.165, 1.54) is 5.56 Å². The van der Waals surface area contributed by atoms with E-state index in [9.17, 15) is 4.79 Å². The number of nitrogens with zero attached hydrogens (tertiary/aromatic N) is 2. The lowest BCUT2D eigenvalue weighted by Gasteiger charge is -2.22. The van der Waals surface area contributed by atoms with Gasteiger partial charge in [0, 0.05) is 11.8 Å². The molecule has 0 aliphatic rings. The summed E-state index contributed by atoms with van der Waals surface area (Å²) in [6, 6.07) is 20.8. The SMILES string of the molecule is C=CCOc1ccc(C(=O)N(Cc2ccc(C)cc2)c2ccccn2)cc1. The molecule has 0 aliphatic carbocycles. The monoisotopic (exact) mass is 358 g/mol. The fraction of sp³-hybridized carbons (Fsp3) is 0.130. The second-order valence-electron chi connectivity index (χ2n) is 6.19. The highest BCUT2D eigenvalue weighted by Crippen LogP contribution is 2.20. The number of anilines is 1. The normalized spacial score (nSPS) is 10.3. The van der Waals surface area contributed by atoms with Crippen LogP contribution >= 0.6 is 0 Å². The molecule has 0 saturated carbocycles. The number of pyridine rings is 1. The highest BCUT2D eigenvalue weighted by atomic mass is 16.5. The molecule has 0 saturated heterocycles. The Labute approximate surface area is 159 Å². The Hall–Kier alpha value is -3.40. The Morgan fingerprint density at radius 2 is 1.81 bits per heavy atom. The molecule has 0 bridgehead atoms. The van der Waals surface area contributed by atoms with Crippen molar-refractivity contribution in [2.24, 2.45) is 0 Å². The van der Waals surface area contributed by atoms with E-state index in [4.69, 9.17) is 4.74 Å². The van der Waals surface area contributed by atoms with E-state index in [-0.39, 0.29) is 5.91 Å². The number of amides is 1. The Balaban J connectivity index is 1.86. The maximum Gasteiger partial charge on any atom is 0.259 e. The van der Waals surface area contributed by atoms with Crippen molar-refractivity contribution < 1.29 is 9.53 Å². The van der Waals surface area contributed by atoms with E-state index in [1.807, 2.05) is 49.4 Å². The smallest absolute Gasteiger partial charge is 0.259 e. The second-order valence-corrected chi connectivity index (χ2v) is 6.19. The topological polar surface area (TPSA) is 42.4 Å². The Morgan fingerprint density at radius 3 is 2.44 bits per heavy atom. The highest BCUT2D eigenvalue weighted by Gasteiger charge is 2.19. The van der Waals surface area contributed by atoms with Gasteiger partial charge in [0.15, 0.2) is 0 Å². The van der Waals surface area contributed by atoms with Crippen LogP contribution in [0.5, 0.6) is 5.75 Å². The molecule has 2 aromatic carbocycles. The molecule has 0 aliphatic heterocycles. The molecular weight excluding hydrogens is 336 g/mol. The molecule has 0 fully saturated rings. The molecule has 1 heterocycles. The minimum absolute atomic E-state index is 0.107. The zero-order valence-electron chi connectivity index (χ0n) is 15.3. The van der Waals surface area contributed by atoms with Gasteiger partial charge in [0.25, 0.3) is 5.91 Å². The van der Waals surface area contributed by atoms with Gasteiger partial charge in [-0.2, -0.15) is 0 Å². The van der Waals surface area contributed by atoms with Crippen molar-refractivity contribution in [2.45, 2.75) is 13.5 Å². The van der Waals surface area contributed by atoms with Crippen LogP contribution in [0.4, 0.5) is 5.82 Å². The lowest BCUT2D eigenvalue weighted by molar-refractivity contribution is 0.0984. The first-order chi connectivity index (χ1) is 13.2. The quantitative estimate of drug-likeness (QED) is 0.570. The summed E-state index contributed by atoms with van der Waals surface area (Å²) >= 11 is 0. The number of hydrogen-bond donors (Lipinski definition) is 0. The van der Waals surface area contributed by atoms with Crippen LogP contribution in [0.3, 0.4) is 0 Å². The Kier molecular flexibility index (Phi) is 6.00. The summed E-state index contributed by atoms with van der Waals surface area (Å²) in [5, 5.41) is 0. The van der Waals surface area contributed by atoms with E-state index in [1.54, 1.807) is 41.4 Å². The molecule has 0 N–H and O–H groups in total. The molecule has 0 atom stereocenters. The number of benzene rings is 2. The summed E-state index contributed by atoms with van der Waals surface area (Å²) in [6.07, 6.45) is 3.38. The summed E-state index contributed by atoms with van der Waals surface area (Å²) in [6.45, 7) is 6.55. The molecule has 4 heteroatoms. The number of aromatic nitrogens is 1. The van der Waals surface area contributed by atoms with Gasteiger partial charge in [-0.3, -0.25) is 9.69 Å². The van der Waals surface area contributed by atoms with Gasteiger partial charge < -0.3 is 4.74 Å². The lowest BCUT2D eigenvalue weighted by Crippen LogP contribution is -2.31. The first kappa shape index (κ1) is 18.4. The number of carbonyl (C=O) groups is 1. The van der Waals surface area contributed by atoms with Crippen LogP contribution in [0.2, 0.25) is 0 Å². The molecule has 0 radical (unpaired) electrons. The first-order valence-electron chi connectivity index (χ1n) is 8.79. The van der Waals surface area contributed by atoms with Crippen molar-refractivity contribution in [3.63, 3.8) is 0 Å². The Morgan fingerprint density at radius 1 is 1.07 bits per heavy atom. The minimum Gasteiger partial charge on any atom is -0.490 e. The summed E-state index contributed by atoms with van der Waals surface area (Å²) in [7, 11) is 0. The van der Waals surface area contributed by atoms with E-state index in [2.05, 4.69) is 11.6 Å². The largest absolute Gasteiger partial charge is 0.490 e. The average molecular weight is 358 g/mol. The van der Waals surface area contributed by atoms with Crippen LogP contribution in [0.1, 0.15) is 21.5 Å². The summed E-state index contributed by atoms with van der Waals surface area (Å²) in [5.74, 6) is 1.22. The predicted octanol–water partition coefficient (Wildman–Crippen LogP) is 4.80. The van der Waals surface area contributed by atoms with Crippen molar-refractivity contribution in [3.8, 4) is 5.75 Å². The molecule has 1 aromatic heterocycles. The van der Waals surface area contributed by atoms with E-state index in [0.29, 0.717) is 30.3 Å². The number of aryl methyl sites for hydroxylation is 1. The van der Waals surface area contributed by atoms with Gasteiger partial charge in [0.1, 0.15) is 18.2 Å². The molecule has 3 aromatic rings. The molecule has 1 amide bonds. The highest BCUT2D eigenvalue weighted by molar-refractivity contribution is 6.05. The number of hydrogen-bond acceptors (Lipinski definition) is 3. The summed E-state index contributed by atoms with van der Waals surface area (Å²) in [5.41, 5.74) is 2.81. The van der Waals surface area contributed by atoms with Crippen LogP contribution in [0.25, 0.3) is 0 Å². The number of ether oxygens (including phenoxy) is 1. The maximum absolute atomic E-state index is 13.2. The van der Waals surface area contributed by atoms with Gasteiger partial charge in [-0.15, -0.1) is 0 Å². The van der Waals surface area contributed by atoms with E-state index in [0.717, 1.165) is 5.56 Å². The molecule has 4 nitrogen and oxygen atoms in total. The van der Waals surface area contributed by atoms with Crippen LogP contribution in [-0.2, 0) is 6.54 Å². The van der Waals surface area contributed by atoms with Gasteiger partial charge >= 0.3 is 0 Å². The zero-order chi connectivity index (χ0) is 19.1. The van der Waals surface area contributed by atoms with Crippen molar-refractivity contribution in [1.82, 2.24) is 4.98 Å². The number of rotatable bonds is 7. The van der Waals surface area contributed by atoms with Crippen molar-refractivity contribution in [2.75, 3.05) is 11.5 Å². The molecular formula is C23H22N2O2.